The molecule has 3 aromatic rings. The molecule has 156 valence electrons. The van der Waals surface area contributed by atoms with Crippen molar-refractivity contribution in [3.8, 4) is 11.1 Å². The molecule has 0 heterocycles. The van der Waals surface area contributed by atoms with Crippen molar-refractivity contribution in [1.82, 2.24) is 10.2 Å². The molecule has 3 rings (SSSR count). The monoisotopic (exact) mass is 401 g/mol. The number of hydrogen-bond acceptors (Lipinski definition) is 3. The standard InChI is InChI=1S/C26H31N3O/c1-28(2)24-16-14-23(15-17-24)25(29(3)4)19-27-26(30)18-20-10-12-22(13-11-20)21-8-6-5-7-9-21/h5-17,25H,18-19H2,1-4H3,(H,27,30)/t25-/m0/s1. The van der Waals surface area contributed by atoms with Gasteiger partial charge >= 0.3 is 0 Å². The second-order valence-corrected chi connectivity index (χ2v) is 8.01. The summed E-state index contributed by atoms with van der Waals surface area (Å²) < 4.78 is 0. The van der Waals surface area contributed by atoms with Crippen molar-refractivity contribution in [2.45, 2.75) is 12.5 Å². The number of anilines is 1. The highest BCUT2D eigenvalue weighted by molar-refractivity contribution is 5.79. The summed E-state index contributed by atoms with van der Waals surface area (Å²) in [6.07, 6.45) is 0.384. The Kier molecular flexibility index (Phi) is 7.26. The molecule has 0 unspecified atom stereocenters. The van der Waals surface area contributed by atoms with Crippen LogP contribution in [0, 0.1) is 0 Å². The molecule has 3 aromatic carbocycles. The van der Waals surface area contributed by atoms with E-state index in [1.165, 1.54) is 16.8 Å². The molecule has 0 saturated heterocycles. The largest absolute Gasteiger partial charge is 0.378 e. The first kappa shape index (κ1) is 21.6. The molecule has 1 amide bonds. The first-order valence-electron chi connectivity index (χ1n) is 10.3. The summed E-state index contributed by atoms with van der Waals surface area (Å²) >= 11 is 0. The van der Waals surface area contributed by atoms with Gasteiger partial charge in [-0.15, -0.1) is 0 Å². The van der Waals surface area contributed by atoms with Crippen LogP contribution in [-0.2, 0) is 11.2 Å². The van der Waals surface area contributed by atoms with Gasteiger partial charge in [0.2, 0.25) is 5.91 Å². The number of benzene rings is 3. The van der Waals surface area contributed by atoms with Crippen molar-refractivity contribution in [2.24, 2.45) is 0 Å². The maximum absolute atomic E-state index is 12.5. The molecule has 30 heavy (non-hydrogen) atoms. The highest BCUT2D eigenvalue weighted by Crippen LogP contribution is 2.21. The van der Waals surface area contributed by atoms with Crippen LogP contribution in [0.2, 0.25) is 0 Å². The summed E-state index contributed by atoms with van der Waals surface area (Å²) in [4.78, 5) is 16.8. The number of amides is 1. The Morgan fingerprint density at radius 1 is 0.800 bits per heavy atom. The fourth-order valence-corrected chi connectivity index (χ4v) is 3.50. The van der Waals surface area contributed by atoms with Crippen LogP contribution >= 0.6 is 0 Å². The minimum absolute atomic E-state index is 0.0409. The Balaban J connectivity index is 1.58. The van der Waals surface area contributed by atoms with Gasteiger partial charge in [0.05, 0.1) is 12.5 Å². The minimum atomic E-state index is 0.0409. The van der Waals surface area contributed by atoms with E-state index in [0.717, 1.165) is 11.1 Å². The van der Waals surface area contributed by atoms with Crippen LogP contribution in [0.15, 0.2) is 78.9 Å². The Morgan fingerprint density at radius 3 is 1.97 bits per heavy atom. The lowest BCUT2D eigenvalue weighted by molar-refractivity contribution is -0.120. The zero-order chi connectivity index (χ0) is 21.5. The normalized spacial score (nSPS) is 11.9. The lowest BCUT2D eigenvalue weighted by Gasteiger charge is -2.26. The second-order valence-electron chi connectivity index (χ2n) is 8.01. The molecule has 4 nitrogen and oxygen atoms in total. The van der Waals surface area contributed by atoms with E-state index in [9.17, 15) is 4.79 Å². The van der Waals surface area contributed by atoms with E-state index in [0.29, 0.717) is 13.0 Å². The summed E-state index contributed by atoms with van der Waals surface area (Å²) in [6, 6.07) is 27.1. The molecule has 0 radical (unpaired) electrons. The summed E-state index contributed by atoms with van der Waals surface area (Å²) in [6.45, 7) is 0.579. The third-order valence-electron chi connectivity index (χ3n) is 5.34. The van der Waals surface area contributed by atoms with Crippen molar-refractivity contribution < 1.29 is 4.79 Å². The van der Waals surface area contributed by atoms with Crippen LogP contribution in [-0.4, -0.2) is 45.5 Å². The number of likely N-dealkylation sites (N-methyl/N-ethyl adjacent to an activating group) is 1. The van der Waals surface area contributed by atoms with Crippen LogP contribution in [0.1, 0.15) is 17.2 Å². The number of nitrogens with one attached hydrogen (secondary N) is 1. The first-order valence-corrected chi connectivity index (χ1v) is 10.3. The maximum atomic E-state index is 12.5. The second kappa shape index (κ2) is 10.1. The molecular formula is C26H31N3O. The molecule has 0 aromatic heterocycles. The van der Waals surface area contributed by atoms with Crippen LogP contribution in [0.3, 0.4) is 0 Å². The van der Waals surface area contributed by atoms with Gasteiger partial charge in [0.15, 0.2) is 0 Å². The zero-order valence-electron chi connectivity index (χ0n) is 18.3. The van der Waals surface area contributed by atoms with E-state index in [-0.39, 0.29) is 11.9 Å². The molecule has 0 fully saturated rings. The van der Waals surface area contributed by atoms with Crippen molar-refractivity contribution in [2.75, 3.05) is 39.6 Å². The fourth-order valence-electron chi connectivity index (χ4n) is 3.50. The lowest BCUT2D eigenvalue weighted by atomic mass is 10.0. The van der Waals surface area contributed by atoms with Gasteiger partial charge in [0.1, 0.15) is 0 Å². The van der Waals surface area contributed by atoms with Gasteiger partial charge in [-0.3, -0.25) is 4.79 Å². The van der Waals surface area contributed by atoms with Gasteiger partial charge in [-0.25, -0.2) is 0 Å². The molecule has 4 heteroatoms. The summed E-state index contributed by atoms with van der Waals surface area (Å²) in [5.41, 5.74) is 5.72. The Bertz CT molecular complexity index is 932. The summed E-state index contributed by atoms with van der Waals surface area (Å²) in [5, 5.41) is 3.10. The zero-order valence-corrected chi connectivity index (χ0v) is 18.3. The van der Waals surface area contributed by atoms with Gasteiger partial charge < -0.3 is 15.1 Å². The number of carbonyl (C=O) groups is 1. The van der Waals surface area contributed by atoms with Gasteiger partial charge in [-0.05, 0) is 48.5 Å². The molecule has 0 bridgehead atoms. The van der Waals surface area contributed by atoms with Crippen LogP contribution in [0.25, 0.3) is 11.1 Å². The predicted octanol–water partition coefficient (Wildman–Crippen LogP) is 4.38. The number of hydrogen-bond donors (Lipinski definition) is 1. The van der Waals surface area contributed by atoms with Gasteiger partial charge in [-0.2, -0.15) is 0 Å². The van der Waals surface area contributed by atoms with Crippen LogP contribution < -0.4 is 10.2 Å². The highest BCUT2D eigenvalue weighted by atomic mass is 16.1. The van der Waals surface area contributed by atoms with E-state index in [4.69, 9.17) is 0 Å². The first-order chi connectivity index (χ1) is 14.4. The molecule has 0 saturated carbocycles. The van der Waals surface area contributed by atoms with Crippen LogP contribution in [0.5, 0.6) is 0 Å². The maximum Gasteiger partial charge on any atom is 0.224 e. The molecule has 1 N–H and O–H groups in total. The summed E-state index contributed by atoms with van der Waals surface area (Å²) in [7, 11) is 8.15. The highest BCUT2D eigenvalue weighted by Gasteiger charge is 2.15. The van der Waals surface area contributed by atoms with E-state index in [1.54, 1.807) is 0 Å². The average molecular weight is 402 g/mol. The third kappa shape index (κ3) is 5.71. The van der Waals surface area contributed by atoms with Crippen molar-refractivity contribution >= 4 is 11.6 Å². The van der Waals surface area contributed by atoms with Gasteiger partial charge in [0.25, 0.3) is 0 Å². The van der Waals surface area contributed by atoms with E-state index < -0.39 is 0 Å². The molecule has 0 spiro atoms. The molecule has 1 atom stereocenters. The number of rotatable bonds is 8. The SMILES string of the molecule is CN(C)c1ccc([C@H](CNC(=O)Cc2ccc(-c3ccccc3)cc2)N(C)C)cc1. The Morgan fingerprint density at radius 2 is 1.40 bits per heavy atom. The van der Waals surface area contributed by atoms with Crippen molar-refractivity contribution in [3.63, 3.8) is 0 Å². The fraction of sp³-hybridized carbons (Fsp3) is 0.269. The number of nitrogens with zero attached hydrogens (tertiary/aromatic N) is 2. The number of carbonyl (C=O) groups excluding carboxylic acids is 1. The predicted molar refractivity (Wildman–Crippen MR) is 126 cm³/mol. The topological polar surface area (TPSA) is 35.6 Å². The molecular weight excluding hydrogens is 370 g/mol. The van der Waals surface area contributed by atoms with Gasteiger partial charge in [0, 0.05) is 26.3 Å². The average Bonchev–Trinajstić information content (AvgIpc) is 2.75. The van der Waals surface area contributed by atoms with Crippen molar-refractivity contribution in [1.29, 1.82) is 0 Å². The van der Waals surface area contributed by atoms with Gasteiger partial charge in [-0.1, -0.05) is 66.7 Å². The van der Waals surface area contributed by atoms with E-state index in [1.807, 2.05) is 58.5 Å². The molecule has 0 aliphatic carbocycles. The van der Waals surface area contributed by atoms with E-state index >= 15 is 0 Å². The third-order valence-corrected chi connectivity index (χ3v) is 5.34. The minimum Gasteiger partial charge on any atom is -0.378 e. The Hall–Kier alpha value is -3.11. The summed E-state index contributed by atoms with van der Waals surface area (Å²) in [5.74, 6) is 0.0409. The quantitative estimate of drug-likeness (QED) is 0.608. The van der Waals surface area contributed by atoms with E-state index in [2.05, 4.69) is 63.6 Å². The smallest absolute Gasteiger partial charge is 0.224 e. The Labute approximate surface area is 180 Å². The lowest BCUT2D eigenvalue weighted by Crippen LogP contribution is -2.35. The molecule has 0 aliphatic heterocycles. The van der Waals surface area contributed by atoms with Crippen LogP contribution in [0.4, 0.5) is 5.69 Å². The van der Waals surface area contributed by atoms with Crippen molar-refractivity contribution in [3.05, 3.63) is 90.0 Å². The molecule has 0 aliphatic rings.